The SMILES string of the molecule is O=C(Nc1cccc(CO)n1)C1CC12CCCc1ccccc12. The van der Waals surface area contributed by atoms with Crippen molar-refractivity contribution in [2.75, 3.05) is 5.32 Å². The second kappa shape index (κ2) is 5.46. The molecular formula is C19H20N2O2. The van der Waals surface area contributed by atoms with Crippen LogP contribution in [0.2, 0.25) is 0 Å². The molecule has 2 N–H and O–H groups in total. The number of amides is 1. The molecule has 0 aliphatic heterocycles. The molecule has 1 aromatic heterocycles. The number of carbonyl (C=O) groups excluding carboxylic acids is 1. The molecule has 2 aromatic rings. The molecule has 1 spiro atoms. The minimum Gasteiger partial charge on any atom is -0.390 e. The van der Waals surface area contributed by atoms with Crippen molar-refractivity contribution in [2.45, 2.75) is 37.7 Å². The Labute approximate surface area is 135 Å². The number of nitrogens with one attached hydrogen (secondary N) is 1. The van der Waals surface area contributed by atoms with Gasteiger partial charge in [0.15, 0.2) is 0 Å². The van der Waals surface area contributed by atoms with Crippen molar-refractivity contribution >= 4 is 11.7 Å². The topological polar surface area (TPSA) is 62.2 Å². The molecule has 1 aromatic carbocycles. The van der Waals surface area contributed by atoms with Crippen LogP contribution in [0.5, 0.6) is 0 Å². The lowest BCUT2D eigenvalue weighted by Crippen LogP contribution is -2.25. The molecule has 2 aliphatic rings. The summed E-state index contributed by atoms with van der Waals surface area (Å²) in [7, 11) is 0. The number of hydrogen-bond donors (Lipinski definition) is 2. The van der Waals surface area contributed by atoms with Gasteiger partial charge in [0.25, 0.3) is 0 Å². The number of rotatable bonds is 3. The lowest BCUT2D eigenvalue weighted by atomic mass is 9.78. The molecule has 0 radical (unpaired) electrons. The first-order chi connectivity index (χ1) is 11.2. The number of pyridine rings is 1. The zero-order valence-corrected chi connectivity index (χ0v) is 13.0. The molecule has 1 fully saturated rings. The predicted octanol–water partition coefficient (Wildman–Crippen LogP) is 2.81. The Morgan fingerprint density at radius 1 is 1.26 bits per heavy atom. The highest BCUT2D eigenvalue weighted by Gasteiger charge is 2.60. The van der Waals surface area contributed by atoms with E-state index in [-0.39, 0.29) is 23.8 Å². The average molecular weight is 308 g/mol. The maximum Gasteiger partial charge on any atom is 0.229 e. The number of anilines is 1. The van der Waals surface area contributed by atoms with Crippen LogP contribution in [0, 0.1) is 5.92 Å². The summed E-state index contributed by atoms with van der Waals surface area (Å²) in [6, 6.07) is 13.8. The second-order valence-corrected chi connectivity index (χ2v) is 6.59. The fraction of sp³-hybridized carbons (Fsp3) is 0.368. The van der Waals surface area contributed by atoms with Crippen LogP contribution in [0.3, 0.4) is 0 Å². The molecular weight excluding hydrogens is 288 g/mol. The van der Waals surface area contributed by atoms with Crippen LogP contribution in [-0.4, -0.2) is 16.0 Å². The fourth-order valence-electron chi connectivity index (χ4n) is 4.03. The second-order valence-electron chi connectivity index (χ2n) is 6.59. The van der Waals surface area contributed by atoms with Gasteiger partial charge < -0.3 is 10.4 Å². The molecule has 0 saturated heterocycles. The van der Waals surface area contributed by atoms with Gasteiger partial charge in [0, 0.05) is 11.3 Å². The molecule has 2 atom stereocenters. The van der Waals surface area contributed by atoms with Crippen molar-refractivity contribution in [1.82, 2.24) is 4.98 Å². The molecule has 1 heterocycles. The molecule has 2 unspecified atom stereocenters. The Kier molecular flexibility index (Phi) is 3.42. The Bertz CT molecular complexity index is 759. The summed E-state index contributed by atoms with van der Waals surface area (Å²) in [6.07, 6.45) is 4.28. The predicted molar refractivity (Wildman–Crippen MR) is 88.0 cm³/mol. The third kappa shape index (κ3) is 2.43. The number of aromatic nitrogens is 1. The lowest BCUT2D eigenvalue weighted by molar-refractivity contribution is -0.117. The summed E-state index contributed by atoms with van der Waals surface area (Å²) < 4.78 is 0. The third-order valence-corrected chi connectivity index (χ3v) is 5.23. The minimum atomic E-state index is -0.121. The van der Waals surface area contributed by atoms with Crippen LogP contribution in [-0.2, 0) is 23.2 Å². The number of hydrogen-bond acceptors (Lipinski definition) is 3. The normalized spacial score (nSPS) is 25.0. The molecule has 2 aliphatic carbocycles. The standard InChI is InChI=1S/C19H20N2O2/c22-12-14-7-3-9-17(20-14)21-18(23)16-11-19(16)10-4-6-13-5-1-2-8-15(13)19/h1-3,5,7-9,16,22H,4,6,10-12H2,(H,20,21,23). The highest BCUT2D eigenvalue weighted by atomic mass is 16.3. The Morgan fingerprint density at radius 2 is 2.13 bits per heavy atom. The van der Waals surface area contributed by atoms with E-state index < -0.39 is 0 Å². The lowest BCUT2D eigenvalue weighted by Gasteiger charge is -2.26. The molecule has 23 heavy (non-hydrogen) atoms. The zero-order valence-electron chi connectivity index (χ0n) is 13.0. The van der Waals surface area contributed by atoms with E-state index in [0.717, 1.165) is 25.7 Å². The van der Waals surface area contributed by atoms with Crippen LogP contribution in [0.25, 0.3) is 0 Å². The molecule has 4 nitrogen and oxygen atoms in total. The van der Waals surface area contributed by atoms with Gasteiger partial charge in [-0.15, -0.1) is 0 Å². The highest BCUT2D eigenvalue weighted by Crippen LogP contribution is 2.60. The van der Waals surface area contributed by atoms with Gasteiger partial charge in [-0.3, -0.25) is 4.79 Å². The summed E-state index contributed by atoms with van der Waals surface area (Å²) >= 11 is 0. The van der Waals surface area contributed by atoms with Gasteiger partial charge in [-0.2, -0.15) is 0 Å². The zero-order chi connectivity index (χ0) is 15.9. The number of aliphatic hydroxyl groups is 1. The molecule has 4 heteroatoms. The molecule has 118 valence electrons. The summed E-state index contributed by atoms with van der Waals surface area (Å²) in [6.45, 7) is -0.121. The van der Waals surface area contributed by atoms with Crippen LogP contribution in [0.1, 0.15) is 36.1 Å². The van der Waals surface area contributed by atoms with Crippen molar-refractivity contribution in [3.05, 3.63) is 59.3 Å². The van der Waals surface area contributed by atoms with Crippen LogP contribution < -0.4 is 5.32 Å². The van der Waals surface area contributed by atoms with E-state index in [1.54, 1.807) is 18.2 Å². The number of aryl methyl sites for hydroxylation is 1. The fourth-order valence-corrected chi connectivity index (χ4v) is 4.03. The van der Waals surface area contributed by atoms with E-state index >= 15 is 0 Å². The molecule has 1 saturated carbocycles. The van der Waals surface area contributed by atoms with Crippen molar-refractivity contribution in [3.8, 4) is 0 Å². The summed E-state index contributed by atoms with van der Waals surface area (Å²) in [5, 5.41) is 12.1. The van der Waals surface area contributed by atoms with Crippen molar-refractivity contribution in [2.24, 2.45) is 5.92 Å². The smallest absolute Gasteiger partial charge is 0.229 e. The van der Waals surface area contributed by atoms with E-state index in [4.69, 9.17) is 5.11 Å². The van der Waals surface area contributed by atoms with Gasteiger partial charge >= 0.3 is 0 Å². The summed E-state index contributed by atoms with van der Waals surface area (Å²) in [5.74, 6) is 0.598. The maximum atomic E-state index is 12.6. The van der Waals surface area contributed by atoms with Gasteiger partial charge in [-0.25, -0.2) is 4.98 Å². The van der Waals surface area contributed by atoms with Gasteiger partial charge in [0.2, 0.25) is 5.91 Å². The minimum absolute atomic E-state index is 0.0310. The molecule has 1 amide bonds. The first kappa shape index (κ1) is 14.4. The average Bonchev–Trinajstić information content (AvgIpc) is 3.30. The monoisotopic (exact) mass is 308 g/mol. The van der Waals surface area contributed by atoms with Gasteiger partial charge in [0.05, 0.1) is 12.3 Å². The van der Waals surface area contributed by atoms with Gasteiger partial charge in [0.1, 0.15) is 5.82 Å². The van der Waals surface area contributed by atoms with E-state index in [1.165, 1.54) is 11.1 Å². The Balaban J connectivity index is 1.54. The first-order valence-electron chi connectivity index (χ1n) is 8.19. The molecule has 0 bridgehead atoms. The van der Waals surface area contributed by atoms with Gasteiger partial charge in [-0.1, -0.05) is 30.3 Å². The van der Waals surface area contributed by atoms with Crippen LogP contribution >= 0.6 is 0 Å². The number of carbonyl (C=O) groups is 1. The Morgan fingerprint density at radius 3 is 3.00 bits per heavy atom. The van der Waals surface area contributed by atoms with Crippen LogP contribution in [0.4, 0.5) is 5.82 Å². The Hall–Kier alpha value is -2.20. The number of aliphatic hydroxyl groups excluding tert-OH is 1. The number of nitrogens with zero attached hydrogens (tertiary/aromatic N) is 1. The molecule has 4 rings (SSSR count). The van der Waals surface area contributed by atoms with Gasteiger partial charge in [-0.05, 0) is 48.9 Å². The number of benzene rings is 1. The summed E-state index contributed by atoms with van der Waals surface area (Å²) in [5.41, 5.74) is 3.36. The van der Waals surface area contributed by atoms with E-state index in [9.17, 15) is 4.79 Å². The first-order valence-corrected chi connectivity index (χ1v) is 8.19. The number of fused-ring (bicyclic) bond motifs is 2. The largest absolute Gasteiger partial charge is 0.390 e. The van der Waals surface area contributed by atoms with E-state index in [0.29, 0.717) is 11.5 Å². The van der Waals surface area contributed by atoms with Crippen LogP contribution in [0.15, 0.2) is 42.5 Å². The quantitative estimate of drug-likeness (QED) is 0.916. The van der Waals surface area contributed by atoms with Crippen molar-refractivity contribution < 1.29 is 9.90 Å². The maximum absolute atomic E-state index is 12.6. The third-order valence-electron chi connectivity index (χ3n) is 5.23. The van der Waals surface area contributed by atoms with Crippen molar-refractivity contribution in [1.29, 1.82) is 0 Å². The van der Waals surface area contributed by atoms with E-state index in [2.05, 4.69) is 34.6 Å². The summed E-state index contributed by atoms with van der Waals surface area (Å²) in [4.78, 5) is 16.9. The van der Waals surface area contributed by atoms with E-state index in [1.807, 2.05) is 0 Å². The highest BCUT2D eigenvalue weighted by molar-refractivity contribution is 5.95. The van der Waals surface area contributed by atoms with Crippen molar-refractivity contribution in [3.63, 3.8) is 0 Å².